The number of furan rings is 1. The van der Waals surface area contributed by atoms with Crippen molar-refractivity contribution in [2.45, 2.75) is 25.7 Å². The normalized spacial score (nSPS) is 16.0. The van der Waals surface area contributed by atoms with Crippen LogP contribution in [0.1, 0.15) is 46.6 Å². The number of amides is 1. The molecule has 5 rings (SSSR count). The lowest BCUT2D eigenvalue weighted by molar-refractivity contribution is 0.0976. The van der Waals surface area contributed by atoms with Crippen molar-refractivity contribution in [2.75, 3.05) is 37.6 Å². The standard InChI is InChI=1S/C26H27N5O2/c27-16-18-13-22-19(4-6-23(22)29-17-18)3-1-2-8-30-9-11-31(12-10-30)21-5-7-24-20(14-21)15-25(33-24)26(28)32/h4-5,7,13-15,17H,1-3,6,8-12H2,(H2,28,32). The molecule has 2 N–H and O–H groups in total. The summed E-state index contributed by atoms with van der Waals surface area (Å²) in [4.78, 5) is 20.7. The largest absolute Gasteiger partial charge is 0.451 e. The van der Waals surface area contributed by atoms with Gasteiger partial charge in [0.05, 0.1) is 11.3 Å². The number of fused-ring (bicyclic) bond motifs is 2. The summed E-state index contributed by atoms with van der Waals surface area (Å²) in [6.07, 6.45) is 8.16. The predicted molar refractivity (Wildman–Crippen MR) is 128 cm³/mol. The first kappa shape index (κ1) is 21.2. The van der Waals surface area contributed by atoms with Crippen molar-refractivity contribution in [3.8, 4) is 6.07 Å². The topological polar surface area (TPSA) is 99.4 Å². The van der Waals surface area contributed by atoms with Gasteiger partial charge in [-0.1, -0.05) is 6.08 Å². The van der Waals surface area contributed by atoms with Crippen LogP contribution in [0.3, 0.4) is 0 Å². The summed E-state index contributed by atoms with van der Waals surface area (Å²) in [5.41, 5.74) is 11.4. The van der Waals surface area contributed by atoms with Crippen molar-refractivity contribution in [3.63, 3.8) is 0 Å². The van der Waals surface area contributed by atoms with Crippen LogP contribution < -0.4 is 10.6 Å². The average molecular weight is 442 g/mol. The van der Waals surface area contributed by atoms with Gasteiger partial charge in [-0.15, -0.1) is 0 Å². The van der Waals surface area contributed by atoms with Crippen LogP contribution in [-0.2, 0) is 6.42 Å². The van der Waals surface area contributed by atoms with E-state index in [-0.39, 0.29) is 5.76 Å². The number of aromatic nitrogens is 1. The van der Waals surface area contributed by atoms with Crippen molar-refractivity contribution < 1.29 is 9.21 Å². The Morgan fingerprint density at radius 2 is 2.00 bits per heavy atom. The molecule has 33 heavy (non-hydrogen) atoms. The number of allylic oxidation sites excluding steroid dienone is 2. The van der Waals surface area contributed by atoms with Crippen LogP contribution in [0.25, 0.3) is 16.5 Å². The Hall–Kier alpha value is -3.63. The van der Waals surface area contributed by atoms with Gasteiger partial charge in [0.2, 0.25) is 0 Å². The number of nitriles is 1. The molecule has 3 aromatic rings. The molecule has 0 unspecified atom stereocenters. The zero-order valence-corrected chi connectivity index (χ0v) is 18.6. The van der Waals surface area contributed by atoms with Crippen molar-refractivity contribution >= 4 is 28.1 Å². The van der Waals surface area contributed by atoms with Crippen LogP contribution >= 0.6 is 0 Å². The van der Waals surface area contributed by atoms with E-state index in [1.165, 1.54) is 11.1 Å². The fourth-order valence-corrected chi connectivity index (χ4v) is 4.79. The molecule has 0 saturated carbocycles. The lowest BCUT2D eigenvalue weighted by atomic mass is 10.0. The molecule has 0 radical (unpaired) electrons. The van der Waals surface area contributed by atoms with E-state index in [1.54, 1.807) is 12.3 Å². The van der Waals surface area contributed by atoms with E-state index in [2.05, 4.69) is 33.0 Å². The molecule has 0 atom stereocenters. The van der Waals surface area contributed by atoms with Crippen molar-refractivity contribution in [1.29, 1.82) is 5.26 Å². The van der Waals surface area contributed by atoms with Crippen LogP contribution in [0.15, 0.2) is 47.0 Å². The highest BCUT2D eigenvalue weighted by Gasteiger charge is 2.19. The molecule has 1 fully saturated rings. The maximum absolute atomic E-state index is 11.4. The summed E-state index contributed by atoms with van der Waals surface area (Å²) in [6.45, 7) is 5.14. The number of rotatable bonds is 7. The third kappa shape index (κ3) is 4.48. The summed E-state index contributed by atoms with van der Waals surface area (Å²) in [6, 6.07) is 11.9. The van der Waals surface area contributed by atoms with E-state index < -0.39 is 5.91 Å². The molecule has 0 bridgehead atoms. The molecule has 3 heterocycles. The number of carbonyl (C=O) groups excluding carboxylic acids is 1. The molecule has 1 aromatic carbocycles. The second-order valence-electron chi connectivity index (χ2n) is 8.75. The van der Waals surface area contributed by atoms with Crippen LogP contribution in [0.4, 0.5) is 5.69 Å². The van der Waals surface area contributed by atoms with E-state index >= 15 is 0 Å². The Morgan fingerprint density at radius 3 is 2.79 bits per heavy atom. The van der Waals surface area contributed by atoms with Gasteiger partial charge in [0.25, 0.3) is 5.91 Å². The zero-order valence-electron chi connectivity index (χ0n) is 18.6. The zero-order chi connectivity index (χ0) is 22.8. The molecule has 1 amide bonds. The molecule has 2 aliphatic rings. The lowest BCUT2D eigenvalue weighted by Crippen LogP contribution is -2.46. The Kier molecular flexibility index (Phi) is 5.84. The Labute approximate surface area is 193 Å². The summed E-state index contributed by atoms with van der Waals surface area (Å²) in [5.74, 6) is -0.344. The molecule has 0 spiro atoms. The molecule has 1 aliphatic heterocycles. The SMILES string of the molecule is N#Cc1cnc2c(c1)C(CCCCN1CCN(c3ccc4oc(C(N)=O)cc4c3)CC1)=CC2. The summed E-state index contributed by atoms with van der Waals surface area (Å²) < 4.78 is 5.49. The first-order valence-electron chi connectivity index (χ1n) is 11.5. The first-order chi connectivity index (χ1) is 16.1. The molecule has 2 aromatic heterocycles. The number of pyridine rings is 1. The van der Waals surface area contributed by atoms with E-state index in [0.29, 0.717) is 11.1 Å². The van der Waals surface area contributed by atoms with E-state index in [0.717, 1.165) is 75.2 Å². The molecule has 1 saturated heterocycles. The highest BCUT2D eigenvalue weighted by atomic mass is 16.3. The maximum atomic E-state index is 11.4. The van der Waals surface area contributed by atoms with E-state index in [1.807, 2.05) is 18.2 Å². The maximum Gasteiger partial charge on any atom is 0.284 e. The molecular weight excluding hydrogens is 414 g/mol. The number of nitrogens with two attached hydrogens (primary N) is 1. The number of unbranched alkanes of at least 4 members (excludes halogenated alkanes) is 1. The van der Waals surface area contributed by atoms with Crippen LogP contribution in [0.2, 0.25) is 0 Å². The number of hydrogen-bond donors (Lipinski definition) is 1. The van der Waals surface area contributed by atoms with Gasteiger partial charge in [0.1, 0.15) is 11.7 Å². The fourth-order valence-electron chi connectivity index (χ4n) is 4.79. The number of nitrogens with zero attached hydrogens (tertiary/aromatic N) is 4. The number of benzene rings is 1. The van der Waals surface area contributed by atoms with Gasteiger partial charge >= 0.3 is 0 Å². The van der Waals surface area contributed by atoms with E-state index in [9.17, 15) is 4.79 Å². The third-order valence-electron chi connectivity index (χ3n) is 6.64. The highest BCUT2D eigenvalue weighted by molar-refractivity contribution is 5.95. The van der Waals surface area contributed by atoms with Crippen molar-refractivity contribution in [3.05, 3.63) is 65.2 Å². The molecular formula is C26H27N5O2. The number of primary amides is 1. The smallest absolute Gasteiger partial charge is 0.284 e. The fraction of sp³-hybridized carbons (Fsp3) is 0.346. The number of anilines is 1. The molecule has 168 valence electrons. The van der Waals surface area contributed by atoms with Gasteiger partial charge in [-0.2, -0.15) is 5.26 Å². The van der Waals surface area contributed by atoms with Crippen molar-refractivity contribution in [1.82, 2.24) is 9.88 Å². The van der Waals surface area contributed by atoms with Crippen molar-refractivity contribution in [2.24, 2.45) is 5.73 Å². The summed E-state index contributed by atoms with van der Waals surface area (Å²) >= 11 is 0. The first-order valence-corrected chi connectivity index (χ1v) is 11.5. The van der Waals surface area contributed by atoms with Crippen LogP contribution in [0.5, 0.6) is 0 Å². The van der Waals surface area contributed by atoms with Gasteiger partial charge in [-0.3, -0.25) is 14.7 Å². The second-order valence-corrected chi connectivity index (χ2v) is 8.75. The Morgan fingerprint density at radius 1 is 1.15 bits per heavy atom. The Bertz CT molecular complexity index is 1260. The summed E-state index contributed by atoms with van der Waals surface area (Å²) in [7, 11) is 0. The minimum atomic E-state index is -0.543. The number of piperazine rings is 1. The molecule has 1 aliphatic carbocycles. The minimum Gasteiger partial charge on any atom is -0.451 e. The van der Waals surface area contributed by atoms with Gasteiger partial charge in [-0.25, -0.2) is 0 Å². The molecule has 7 nitrogen and oxygen atoms in total. The van der Waals surface area contributed by atoms with Crippen LogP contribution in [-0.4, -0.2) is 48.5 Å². The lowest BCUT2D eigenvalue weighted by Gasteiger charge is -2.36. The Balaban J connectivity index is 1.09. The van der Waals surface area contributed by atoms with Gasteiger partial charge in [-0.05, 0) is 61.7 Å². The number of hydrogen-bond acceptors (Lipinski definition) is 6. The summed E-state index contributed by atoms with van der Waals surface area (Å²) in [5, 5.41) is 10.0. The predicted octanol–water partition coefficient (Wildman–Crippen LogP) is 3.73. The third-order valence-corrected chi connectivity index (χ3v) is 6.64. The van der Waals surface area contributed by atoms with Crippen LogP contribution in [0, 0.1) is 11.3 Å². The quantitative estimate of drug-likeness (QED) is 0.561. The highest BCUT2D eigenvalue weighted by Crippen LogP contribution is 2.30. The second kappa shape index (κ2) is 9.08. The van der Waals surface area contributed by atoms with E-state index in [4.69, 9.17) is 15.4 Å². The number of carbonyl (C=O) groups is 1. The average Bonchev–Trinajstić information content (AvgIpc) is 3.45. The van der Waals surface area contributed by atoms with Gasteiger partial charge in [0.15, 0.2) is 5.76 Å². The minimum absolute atomic E-state index is 0.200. The van der Waals surface area contributed by atoms with Gasteiger partial charge in [0, 0.05) is 55.4 Å². The molecule has 7 heteroatoms. The van der Waals surface area contributed by atoms with Gasteiger partial charge < -0.3 is 15.1 Å². The monoisotopic (exact) mass is 441 g/mol.